The maximum Gasteiger partial charge on any atom is 0.320 e. The van der Waals surface area contributed by atoms with Crippen molar-refractivity contribution in [3.05, 3.63) is 0 Å². The molecule has 1 rings (SSSR count). The first-order chi connectivity index (χ1) is 8.36. The van der Waals surface area contributed by atoms with Gasteiger partial charge in [-0.25, -0.2) is 0 Å². The van der Waals surface area contributed by atoms with E-state index in [-0.39, 0.29) is 5.91 Å². The van der Waals surface area contributed by atoms with E-state index in [0.717, 1.165) is 0 Å². The zero-order valence-electron chi connectivity index (χ0n) is 10.4. The lowest BCUT2D eigenvalue weighted by Gasteiger charge is -2.18. The number of nitrogens with two attached hydrogens (primary N) is 1. The summed E-state index contributed by atoms with van der Waals surface area (Å²) in [5, 5.41) is 17.8. The van der Waals surface area contributed by atoms with Gasteiger partial charge < -0.3 is 20.8 Å². The SMILES string of the molecule is CCN(CC)C(=O)C1C(C(=O)O)C1[C@H](N)C(=O)O. The van der Waals surface area contributed by atoms with Gasteiger partial charge in [0.05, 0.1) is 11.8 Å². The molecule has 102 valence electrons. The van der Waals surface area contributed by atoms with Crippen molar-refractivity contribution in [1.29, 1.82) is 0 Å². The van der Waals surface area contributed by atoms with Crippen molar-refractivity contribution in [2.45, 2.75) is 19.9 Å². The Hall–Kier alpha value is -1.63. The largest absolute Gasteiger partial charge is 0.481 e. The fourth-order valence-corrected chi connectivity index (χ4v) is 2.33. The van der Waals surface area contributed by atoms with Crippen LogP contribution in [0.4, 0.5) is 0 Å². The number of carbonyl (C=O) groups excluding carboxylic acids is 1. The topological polar surface area (TPSA) is 121 Å². The standard InChI is InChI=1S/C11H18N2O5/c1-3-13(4-2)9(14)6-5(7(6)10(15)16)8(12)11(17)18/h5-8H,3-4,12H2,1-2H3,(H,15,16)(H,17,18)/t5?,6?,7?,8-/m0/s1. The first-order valence-electron chi connectivity index (χ1n) is 5.86. The summed E-state index contributed by atoms with van der Waals surface area (Å²) >= 11 is 0. The van der Waals surface area contributed by atoms with E-state index in [0.29, 0.717) is 13.1 Å². The molecule has 0 radical (unpaired) electrons. The van der Waals surface area contributed by atoms with Crippen molar-refractivity contribution in [2.24, 2.45) is 23.5 Å². The summed E-state index contributed by atoms with van der Waals surface area (Å²) in [5.41, 5.74) is 5.43. The van der Waals surface area contributed by atoms with E-state index in [2.05, 4.69) is 0 Å². The summed E-state index contributed by atoms with van der Waals surface area (Å²) < 4.78 is 0. The summed E-state index contributed by atoms with van der Waals surface area (Å²) in [6, 6.07) is -1.31. The molecule has 1 aliphatic carbocycles. The first kappa shape index (κ1) is 14.4. The number of rotatable bonds is 6. The van der Waals surface area contributed by atoms with Gasteiger partial charge in [-0.3, -0.25) is 14.4 Å². The molecule has 0 saturated heterocycles. The third-order valence-electron chi connectivity index (χ3n) is 3.42. The fraction of sp³-hybridized carbons (Fsp3) is 0.727. The van der Waals surface area contributed by atoms with Crippen molar-refractivity contribution in [1.82, 2.24) is 4.90 Å². The number of carboxylic acid groups (broad SMARTS) is 2. The van der Waals surface area contributed by atoms with E-state index in [4.69, 9.17) is 15.9 Å². The Morgan fingerprint density at radius 3 is 2.00 bits per heavy atom. The summed E-state index contributed by atoms with van der Waals surface area (Å²) in [5.74, 6) is -5.37. The third-order valence-corrected chi connectivity index (χ3v) is 3.42. The van der Waals surface area contributed by atoms with E-state index in [9.17, 15) is 14.4 Å². The molecule has 7 heteroatoms. The van der Waals surface area contributed by atoms with E-state index < -0.39 is 35.7 Å². The molecule has 0 heterocycles. The Labute approximate surface area is 105 Å². The molecule has 4 N–H and O–H groups in total. The molecule has 4 atom stereocenters. The van der Waals surface area contributed by atoms with Gasteiger partial charge >= 0.3 is 11.9 Å². The van der Waals surface area contributed by atoms with Gasteiger partial charge in [-0.15, -0.1) is 0 Å². The van der Waals surface area contributed by atoms with Crippen LogP contribution in [-0.2, 0) is 14.4 Å². The molecule has 0 aromatic rings. The lowest BCUT2D eigenvalue weighted by Crippen LogP contribution is -2.37. The zero-order chi connectivity index (χ0) is 14.0. The number of aliphatic carboxylic acids is 2. The van der Waals surface area contributed by atoms with Crippen LogP contribution in [0, 0.1) is 17.8 Å². The average molecular weight is 258 g/mol. The molecule has 1 fully saturated rings. The Morgan fingerprint density at radius 2 is 1.67 bits per heavy atom. The van der Waals surface area contributed by atoms with Crippen molar-refractivity contribution in [3.63, 3.8) is 0 Å². The van der Waals surface area contributed by atoms with Crippen molar-refractivity contribution < 1.29 is 24.6 Å². The van der Waals surface area contributed by atoms with Crippen LogP contribution >= 0.6 is 0 Å². The first-order valence-corrected chi connectivity index (χ1v) is 5.86. The minimum absolute atomic E-state index is 0.325. The van der Waals surface area contributed by atoms with Gasteiger partial charge in [0.25, 0.3) is 0 Å². The summed E-state index contributed by atoms with van der Waals surface area (Å²) in [6.45, 7) is 4.50. The van der Waals surface area contributed by atoms with Gasteiger partial charge in [0.15, 0.2) is 0 Å². The Morgan fingerprint density at radius 1 is 1.17 bits per heavy atom. The van der Waals surface area contributed by atoms with Crippen LogP contribution in [0.25, 0.3) is 0 Å². The minimum Gasteiger partial charge on any atom is -0.481 e. The Kier molecular flexibility index (Phi) is 4.28. The molecule has 1 amide bonds. The number of carbonyl (C=O) groups is 3. The highest BCUT2D eigenvalue weighted by molar-refractivity contribution is 5.92. The van der Waals surface area contributed by atoms with Gasteiger partial charge in [-0.1, -0.05) is 0 Å². The van der Waals surface area contributed by atoms with Crippen LogP contribution in [0.3, 0.4) is 0 Å². The van der Waals surface area contributed by atoms with Gasteiger partial charge in [-0.2, -0.15) is 0 Å². The minimum atomic E-state index is -1.31. The average Bonchev–Trinajstić information content (AvgIpc) is 3.04. The van der Waals surface area contributed by atoms with Crippen LogP contribution in [-0.4, -0.2) is 52.1 Å². The number of nitrogens with zero attached hydrogens (tertiary/aromatic N) is 1. The molecule has 18 heavy (non-hydrogen) atoms. The van der Waals surface area contributed by atoms with Crippen LogP contribution in [0.5, 0.6) is 0 Å². The fourth-order valence-electron chi connectivity index (χ4n) is 2.33. The molecule has 3 unspecified atom stereocenters. The monoisotopic (exact) mass is 258 g/mol. The predicted octanol–water partition coefficient (Wildman–Crippen LogP) is -0.786. The zero-order valence-corrected chi connectivity index (χ0v) is 10.4. The van der Waals surface area contributed by atoms with Gasteiger partial charge in [0.2, 0.25) is 5.91 Å². The number of hydrogen-bond donors (Lipinski definition) is 3. The third kappa shape index (κ3) is 2.45. The quantitative estimate of drug-likeness (QED) is 0.574. The summed E-state index contributed by atoms with van der Waals surface area (Å²) in [6.07, 6.45) is 0. The van der Waals surface area contributed by atoms with Crippen LogP contribution in [0.15, 0.2) is 0 Å². The smallest absolute Gasteiger partial charge is 0.320 e. The van der Waals surface area contributed by atoms with Crippen LogP contribution in [0.2, 0.25) is 0 Å². The maximum absolute atomic E-state index is 12.0. The second-order valence-corrected chi connectivity index (χ2v) is 4.34. The molecule has 1 saturated carbocycles. The highest BCUT2D eigenvalue weighted by Crippen LogP contribution is 2.49. The molecule has 0 spiro atoms. The molecule has 0 aliphatic heterocycles. The highest BCUT2D eigenvalue weighted by Gasteiger charge is 2.63. The molecule has 7 nitrogen and oxygen atoms in total. The predicted molar refractivity (Wildman–Crippen MR) is 61.6 cm³/mol. The molecular weight excluding hydrogens is 240 g/mol. The van der Waals surface area contributed by atoms with Crippen molar-refractivity contribution in [2.75, 3.05) is 13.1 Å². The van der Waals surface area contributed by atoms with E-state index in [1.54, 1.807) is 13.8 Å². The molecule has 0 aromatic carbocycles. The second kappa shape index (κ2) is 5.34. The molecule has 0 aromatic heterocycles. The summed E-state index contributed by atoms with van der Waals surface area (Å²) in [4.78, 5) is 35.3. The van der Waals surface area contributed by atoms with E-state index in [1.807, 2.05) is 0 Å². The summed E-state index contributed by atoms with van der Waals surface area (Å²) in [7, 11) is 0. The van der Waals surface area contributed by atoms with E-state index >= 15 is 0 Å². The Balaban J connectivity index is 2.85. The highest BCUT2D eigenvalue weighted by atomic mass is 16.4. The van der Waals surface area contributed by atoms with Crippen molar-refractivity contribution in [3.8, 4) is 0 Å². The second-order valence-electron chi connectivity index (χ2n) is 4.34. The lowest BCUT2D eigenvalue weighted by atomic mass is 10.1. The number of hydrogen-bond acceptors (Lipinski definition) is 4. The van der Waals surface area contributed by atoms with Crippen LogP contribution in [0.1, 0.15) is 13.8 Å². The number of carboxylic acids is 2. The lowest BCUT2D eigenvalue weighted by molar-refractivity contribution is -0.142. The molecule has 0 bridgehead atoms. The van der Waals surface area contributed by atoms with Crippen molar-refractivity contribution >= 4 is 17.8 Å². The normalized spacial score (nSPS) is 27.4. The van der Waals surface area contributed by atoms with Gasteiger partial charge in [0, 0.05) is 19.0 Å². The van der Waals surface area contributed by atoms with E-state index in [1.165, 1.54) is 4.90 Å². The molecule has 1 aliphatic rings. The number of amides is 1. The van der Waals surface area contributed by atoms with Gasteiger partial charge in [-0.05, 0) is 13.8 Å². The molecular formula is C11H18N2O5. The maximum atomic E-state index is 12.0. The Bertz CT molecular complexity index is 366. The van der Waals surface area contributed by atoms with Gasteiger partial charge in [0.1, 0.15) is 6.04 Å². The van der Waals surface area contributed by atoms with Crippen LogP contribution < -0.4 is 5.73 Å².